The van der Waals surface area contributed by atoms with E-state index >= 15 is 0 Å². The fraction of sp³-hybridized carbons (Fsp3) is 0.600. The van der Waals surface area contributed by atoms with Crippen LogP contribution in [0.2, 0.25) is 0 Å². The fourth-order valence-electron chi connectivity index (χ4n) is 2.27. The van der Waals surface area contributed by atoms with Crippen molar-refractivity contribution in [3.63, 3.8) is 0 Å². The molecule has 0 bridgehead atoms. The lowest BCUT2D eigenvalue weighted by Crippen LogP contribution is -2.31. The highest BCUT2D eigenvalue weighted by atomic mass is 32.2. The van der Waals surface area contributed by atoms with Crippen molar-refractivity contribution < 1.29 is 5.11 Å². The second-order valence-corrected chi connectivity index (χ2v) is 6.20. The van der Waals surface area contributed by atoms with Crippen LogP contribution in [0.5, 0.6) is 0 Å². The van der Waals surface area contributed by atoms with Gasteiger partial charge in [0.25, 0.3) is 0 Å². The third-order valence-electron chi connectivity index (χ3n) is 3.36. The van der Waals surface area contributed by atoms with E-state index in [9.17, 15) is 5.11 Å². The first-order valence-electron chi connectivity index (χ1n) is 6.64. The summed E-state index contributed by atoms with van der Waals surface area (Å²) in [6.45, 7) is 6.70. The van der Waals surface area contributed by atoms with Crippen LogP contribution in [0.3, 0.4) is 0 Å². The molecule has 2 N–H and O–H groups in total. The van der Waals surface area contributed by atoms with E-state index in [0.29, 0.717) is 5.92 Å². The Morgan fingerprint density at radius 2 is 1.83 bits per heavy atom. The Balaban J connectivity index is 2.87. The van der Waals surface area contributed by atoms with E-state index in [2.05, 4.69) is 50.4 Å². The Morgan fingerprint density at radius 1 is 1.22 bits per heavy atom. The lowest BCUT2D eigenvalue weighted by Gasteiger charge is -2.29. The van der Waals surface area contributed by atoms with E-state index in [-0.39, 0.29) is 18.6 Å². The van der Waals surface area contributed by atoms with Crippen molar-refractivity contribution >= 4 is 11.8 Å². The van der Waals surface area contributed by atoms with Crippen molar-refractivity contribution in [2.45, 2.75) is 31.7 Å². The predicted molar refractivity (Wildman–Crippen MR) is 80.1 cm³/mol. The molecule has 1 rings (SSSR count). The van der Waals surface area contributed by atoms with E-state index in [1.807, 2.05) is 18.8 Å². The molecule has 3 heteroatoms. The van der Waals surface area contributed by atoms with Crippen LogP contribution >= 0.6 is 11.8 Å². The summed E-state index contributed by atoms with van der Waals surface area (Å²) in [5, 5.41) is 12.9. The Bertz CT molecular complexity index is 337. The zero-order valence-electron chi connectivity index (χ0n) is 11.8. The highest BCUT2D eigenvalue weighted by molar-refractivity contribution is 7.99. The Kier molecular flexibility index (Phi) is 6.76. The van der Waals surface area contributed by atoms with E-state index < -0.39 is 0 Å². The highest BCUT2D eigenvalue weighted by Crippen LogP contribution is 2.29. The predicted octanol–water partition coefficient (Wildman–Crippen LogP) is 3.32. The molecular weight excluding hydrogens is 242 g/mol. The van der Waals surface area contributed by atoms with Gasteiger partial charge in [0.15, 0.2) is 0 Å². The number of benzene rings is 1. The molecule has 0 aliphatic rings. The van der Waals surface area contributed by atoms with Crippen LogP contribution < -0.4 is 5.32 Å². The van der Waals surface area contributed by atoms with E-state index in [0.717, 1.165) is 5.75 Å². The number of rotatable bonds is 7. The highest BCUT2D eigenvalue weighted by Gasteiger charge is 2.23. The van der Waals surface area contributed by atoms with Gasteiger partial charge in [-0.3, -0.25) is 0 Å². The van der Waals surface area contributed by atoms with Gasteiger partial charge in [-0.1, -0.05) is 32.9 Å². The largest absolute Gasteiger partial charge is 0.396 e. The second-order valence-electron chi connectivity index (χ2n) is 4.86. The molecule has 0 radical (unpaired) electrons. The topological polar surface area (TPSA) is 32.3 Å². The minimum Gasteiger partial charge on any atom is -0.396 e. The van der Waals surface area contributed by atoms with Gasteiger partial charge < -0.3 is 10.4 Å². The van der Waals surface area contributed by atoms with Crippen LogP contribution in [0.25, 0.3) is 0 Å². The molecule has 18 heavy (non-hydrogen) atoms. The van der Waals surface area contributed by atoms with Crippen LogP contribution in [-0.2, 0) is 0 Å². The van der Waals surface area contributed by atoms with Crippen LogP contribution in [0.4, 0.5) is 0 Å². The number of aliphatic hydroxyl groups is 1. The summed E-state index contributed by atoms with van der Waals surface area (Å²) >= 11 is 1.85. The molecule has 1 aromatic carbocycles. The molecule has 2 unspecified atom stereocenters. The van der Waals surface area contributed by atoms with Crippen LogP contribution in [0.1, 0.15) is 32.4 Å². The molecule has 0 aliphatic heterocycles. The Labute approximate surface area is 115 Å². The average molecular weight is 267 g/mol. The smallest absolute Gasteiger partial charge is 0.0479 e. The summed E-state index contributed by atoms with van der Waals surface area (Å²) in [6.07, 6.45) is 0. The second kappa shape index (κ2) is 7.82. The van der Waals surface area contributed by atoms with Crippen molar-refractivity contribution in [1.82, 2.24) is 5.32 Å². The Hall–Kier alpha value is -0.510. The lowest BCUT2D eigenvalue weighted by atomic mass is 9.85. The zero-order valence-corrected chi connectivity index (χ0v) is 12.6. The maximum absolute atomic E-state index is 9.55. The van der Waals surface area contributed by atoms with Crippen molar-refractivity contribution in [1.29, 1.82) is 0 Å². The number of thioether (sulfide) groups is 1. The first-order chi connectivity index (χ1) is 8.63. The third-order valence-corrected chi connectivity index (χ3v) is 4.25. The molecule has 0 spiro atoms. The molecule has 0 saturated carbocycles. The molecular formula is C15H25NOS. The third kappa shape index (κ3) is 4.01. The number of nitrogens with one attached hydrogen (secondary N) is 1. The van der Waals surface area contributed by atoms with E-state index in [1.54, 1.807) is 0 Å². The van der Waals surface area contributed by atoms with Gasteiger partial charge in [0.1, 0.15) is 0 Å². The molecule has 0 saturated heterocycles. The van der Waals surface area contributed by atoms with E-state index in [4.69, 9.17) is 0 Å². The summed E-state index contributed by atoms with van der Waals surface area (Å²) < 4.78 is 0. The van der Waals surface area contributed by atoms with Gasteiger partial charge in [0, 0.05) is 23.5 Å². The van der Waals surface area contributed by atoms with Crippen molar-refractivity contribution in [2.24, 2.45) is 11.8 Å². The van der Waals surface area contributed by atoms with Crippen molar-refractivity contribution in [2.75, 3.05) is 19.4 Å². The van der Waals surface area contributed by atoms with Crippen LogP contribution in [0.15, 0.2) is 29.2 Å². The summed E-state index contributed by atoms with van der Waals surface area (Å²) in [5.41, 5.74) is 1.26. The maximum Gasteiger partial charge on any atom is 0.0479 e. The molecule has 0 amide bonds. The summed E-state index contributed by atoms with van der Waals surface area (Å²) in [4.78, 5) is 1.31. The number of hydrogen-bond donors (Lipinski definition) is 2. The molecule has 0 fully saturated rings. The Morgan fingerprint density at radius 3 is 2.22 bits per heavy atom. The SMILES string of the molecule is CCSc1ccc(C(NC)C(CO)C(C)C)cc1. The van der Waals surface area contributed by atoms with Gasteiger partial charge in [-0.2, -0.15) is 0 Å². The lowest BCUT2D eigenvalue weighted by molar-refractivity contribution is 0.154. The zero-order chi connectivity index (χ0) is 13.5. The van der Waals surface area contributed by atoms with Gasteiger partial charge in [0.2, 0.25) is 0 Å². The van der Waals surface area contributed by atoms with Crippen LogP contribution in [0, 0.1) is 11.8 Å². The summed E-state index contributed by atoms with van der Waals surface area (Å²) in [7, 11) is 1.96. The average Bonchev–Trinajstić information content (AvgIpc) is 2.37. The summed E-state index contributed by atoms with van der Waals surface area (Å²) in [5.74, 6) is 1.80. The number of hydrogen-bond acceptors (Lipinski definition) is 3. The molecule has 1 aromatic rings. The molecule has 0 aliphatic carbocycles. The fourth-order valence-corrected chi connectivity index (χ4v) is 2.93. The monoisotopic (exact) mass is 267 g/mol. The van der Waals surface area contributed by atoms with Gasteiger partial charge in [0.05, 0.1) is 0 Å². The number of aliphatic hydroxyl groups excluding tert-OH is 1. The standard InChI is InChI=1S/C15H25NOS/c1-5-18-13-8-6-12(7-9-13)15(16-4)14(10-17)11(2)3/h6-9,11,14-17H,5,10H2,1-4H3. The molecule has 0 heterocycles. The normalized spacial score (nSPS) is 14.8. The van der Waals surface area contributed by atoms with Crippen molar-refractivity contribution in [3.8, 4) is 0 Å². The molecule has 2 atom stereocenters. The van der Waals surface area contributed by atoms with Gasteiger partial charge in [-0.15, -0.1) is 11.8 Å². The molecule has 2 nitrogen and oxygen atoms in total. The molecule has 102 valence electrons. The minimum atomic E-state index is 0.217. The van der Waals surface area contributed by atoms with Crippen molar-refractivity contribution in [3.05, 3.63) is 29.8 Å². The first-order valence-corrected chi connectivity index (χ1v) is 7.63. The quantitative estimate of drug-likeness (QED) is 0.743. The van der Waals surface area contributed by atoms with E-state index in [1.165, 1.54) is 10.5 Å². The molecule has 0 aromatic heterocycles. The first kappa shape index (κ1) is 15.5. The van der Waals surface area contributed by atoms with Gasteiger partial charge in [-0.25, -0.2) is 0 Å². The van der Waals surface area contributed by atoms with Gasteiger partial charge in [-0.05, 0) is 36.4 Å². The minimum absolute atomic E-state index is 0.217. The van der Waals surface area contributed by atoms with Crippen LogP contribution in [-0.4, -0.2) is 24.5 Å². The maximum atomic E-state index is 9.55. The summed E-state index contributed by atoms with van der Waals surface area (Å²) in [6, 6.07) is 8.90. The van der Waals surface area contributed by atoms with Gasteiger partial charge >= 0.3 is 0 Å².